The normalized spacial score (nSPS) is 10.8. The minimum atomic E-state index is 0.587. The van der Waals surface area contributed by atoms with Crippen LogP contribution < -0.4 is 10.5 Å². The zero-order chi connectivity index (χ0) is 14.4. The van der Waals surface area contributed by atoms with Crippen LogP contribution in [0.15, 0.2) is 24.4 Å². The third kappa shape index (κ3) is 4.06. The van der Waals surface area contributed by atoms with Crippen LogP contribution in [0, 0.1) is 13.8 Å². The summed E-state index contributed by atoms with van der Waals surface area (Å²) in [7, 11) is 0. The summed E-state index contributed by atoms with van der Waals surface area (Å²) < 4.78 is 7.62. The molecule has 0 saturated carbocycles. The largest absolute Gasteiger partial charge is 0.491 e. The Labute approximate surface area is 119 Å². The smallest absolute Gasteiger partial charge is 0.122 e. The number of rotatable bonds is 7. The Morgan fingerprint density at radius 2 is 2.15 bits per heavy atom. The highest BCUT2D eigenvalue weighted by Crippen LogP contribution is 2.18. The maximum Gasteiger partial charge on any atom is 0.122 e. The molecule has 0 bridgehead atoms. The highest BCUT2D eigenvalue weighted by molar-refractivity contribution is 5.35. The molecule has 20 heavy (non-hydrogen) atoms. The lowest BCUT2D eigenvalue weighted by molar-refractivity contribution is 0.288. The van der Waals surface area contributed by atoms with Crippen molar-refractivity contribution in [1.29, 1.82) is 0 Å². The molecule has 2 aromatic rings. The number of ether oxygens (including phenoxy) is 1. The zero-order valence-corrected chi connectivity index (χ0v) is 12.2. The first-order chi connectivity index (χ1) is 9.69. The Bertz CT molecular complexity index is 551. The summed E-state index contributed by atoms with van der Waals surface area (Å²) in [4.78, 5) is 0. The van der Waals surface area contributed by atoms with Crippen LogP contribution in [0.5, 0.6) is 5.75 Å². The average molecular weight is 274 g/mol. The van der Waals surface area contributed by atoms with Gasteiger partial charge in [-0.1, -0.05) is 17.3 Å². The van der Waals surface area contributed by atoms with Crippen LogP contribution in [0.3, 0.4) is 0 Å². The third-order valence-corrected chi connectivity index (χ3v) is 3.14. The van der Waals surface area contributed by atoms with Crippen molar-refractivity contribution < 1.29 is 4.74 Å². The van der Waals surface area contributed by atoms with Gasteiger partial charge in [-0.2, -0.15) is 0 Å². The molecular formula is C15H22N4O. The molecule has 5 nitrogen and oxygen atoms in total. The Kier molecular flexibility index (Phi) is 5.12. The van der Waals surface area contributed by atoms with E-state index in [4.69, 9.17) is 10.5 Å². The number of aromatic nitrogens is 3. The van der Waals surface area contributed by atoms with Gasteiger partial charge in [-0.05, 0) is 50.4 Å². The average Bonchev–Trinajstić information content (AvgIpc) is 2.88. The summed E-state index contributed by atoms with van der Waals surface area (Å²) in [5.74, 6) is 0.938. The summed E-state index contributed by atoms with van der Waals surface area (Å²) in [5, 5.41) is 8.20. The van der Waals surface area contributed by atoms with Crippen molar-refractivity contribution in [2.24, 2.45) is 5.73 Å². The minimum absolute atomic E-state index is 0.587. The Balaban J connectivity index is 1.83. The summed E-state index contributed by atoms with van der Waals surface area (Å²) in [6, 6.07) is 6.22. The second-order valence-corrected chi connectivity index (χ2v) is 4.98. The van der Waals surface area contributed by atoms with E-state index in [0.29, 0.717) is 19.7 Å². The van der Waals surface area contributed by atoms with Crippen LogP contribution >= 0.6 is 0 Å². The van der Waals surface area contributed by atoms with Crippen molar-refractivity contribution in [3.05, 3.63) is 41.2 Å². The minimum Gasteiger partial charge on any atom is -0.491 e. The highest BCUT2D eigenvalue weighted by atomic mass is 16.5. The van der Waals surface area contributed by atoms with Gasteiger partial charge >= 0.3 is 0 Å². The molecule has 5 heteroatoms. The van der Waals surface area contributed by atoms with E-state index in [1.54, 1.807) is 0 Å². The maximum absolute atomic E-state index is 5.80. The van der Waals surface area contributed by atoms with Gasteiger partial charge < -0.3 is 10.5 Å². The summed E-state index contributed by atoms with van der Waals surface area (Å²) in [6.07, 6.45) is 3.79. The number of nitrogens with zero attached hydrogens (tertiary/aromatic N) is 3. The molecule has 0 radical (unpaired) electrons. The molecular weight excluding hydrogens is 252 g/mol. The molecule has 0 aliphatic heterocycles. The SMILES string of the molecule is Cc1ccc(C)c(OCCn2cc(CCCN)nn2)c1. The summed E-state index contributed by atoms with van der Waals surface area (Å²) in [5.41, 5.74) is 8.82. The van der Waals surface area contributed by atoms with E-state index in [1.165, 1.54) is 5.56 Å². The number of nitrogens with two attached hydrogens (primary N) is 1. The van der Waals surface area contributed by atoms with Gasteiger partial charge in [0.2, 0.25) is 0 Å². The molecule has 0 aliphatic rings. The lowest BCUT2D eigenvalue weighted by Crippen LogP contribution is -2.09. The van der Waals surface area contributed by atoms with Crippen molar-refractivity contribution in [1.82, 2.24) is 15.0 Å². The molecule has 1 aromatic heterocycles. The topological polar surface area (TPSA) is 66.0 Å². The first-order valence-electron chi connectivity index (χ1n) is 6.98. The zero-order valence-electron chi connectivity index (χ0n) is 12.2. The van der Waals surface area contributed by atoms with Gasteiger partial charge in [0.1, 0.15) is 12.4 Å². The third-order valence-electron chi connectivity index (χ3n) is 3.14. The number of benzene rings is 1. The van der Waals surface area contributed by atoms with Crippen molar-refractivity contribution in [3.63, 3.8) is 0 Å². The highest BCUT2D eigenvalue weighted by Gasteiger charge is 2.02. The van der Waals surface area contributed by atoms with E-state index in [9.17, 15) is 0 Å². The lowest BCUT2D eigenvalue weighted by Gasteiger charge is -2.09. The fraction of sp³-hybridized carbons (Fsp3) is 0.467. The maximum atomic E-state index is 5.80. The van der Waals surface area contributed by atoms with Crippen LogP contribution in [-0.4, -0.2) is 28.1 Å². The predicted octanol–water partition coefficient (Wildman–Crippen LogP) is 1.87. The summed E-state index contributed by atoms with van der Waals surface area (Å²) in [6.45, 7) is 6.08. The molecule has 2 rings (SSSR count). The van der Waals surface area contributed by atoms with Gasteiger partial charge in [-0.3, -0.25) is 0 Å². The summed E-state index contributed by atoms with van der Waals surface area (Å²) >= 11 is 0. The van der Waals surface area contributed by atoms with Gasteiger partial charge in [0.25, 0.3) is 0 Å². The van der Waals surface area contributed by atoms with Crippen LogP contribution in [0.1, 0.15) is 23.2 Å². The molecule has 0 unspecified atom stereocenters. The monoisotopic (exact) mass is 274 g/mol. The number of hydrogen-bond acceptors (Lipinski definition) is 4. The fourth-order valence-corrected chi connectivity index (χ4v) is 1.96. The van der Waals surface area contributed by atoms with Gasteiger partial charge in [-0.25, -0.2) is 4.68 Å². The number of hydrogen-bond donors (Lipinski definition) is 1. The van der Waals surface area contributed by atoms with E-state index < -0.39 is 0 Å². The molecule has 0 atom stereocenters. The van der Waals surface area contributed by atoms with Gasteiger partial charge in [-0.15, -0.1) is 5.10 Å². The fourth-order valence-electron chi connectivity index (χ4n) is 1.96. The Morgan fingerprint density at radius 1 is 1.30 bits per heavy atom. The number of aryl methyl sites for hydroxylation is 3. The Morgan fingerprint density at radius 3 is 2.95 bits per heavy atom. The van der Waals surface area contributed by atoms with Crippen molar-refractivity contribution in [2.45, 2.75) is 33.2 Å². The molecule has 0 saturated heterocycles. The molecule has 0 fully saturated rings. The predicted molar refractivity (Wildman–Crippen MR) is 78.8 cm³/mol. The second kappa shape index (κ2) is 7.05. The second-order valence-electron chi connectivity index (χ2n) is 4.98. The van der Waals surface area contributed by atoms with Gasteiger partial charge in [0.15, 0.2) is 0 Å². The first kappa shape index (κ1) is 14.5. The van der Waals surface area contributed by atoms with E-state index in [1.807, 2.05) is 10.9 Å². The van der Waals surface area contributed by atoms with E-state index >= 15 is 0 Å². The van der Waals surface area contributed by atoms with Gasteiger partial charge in [0.05, 0.1) is 12.2 Å². The lowest BCUT2D eigenvalue weighted by atomic mass is 10.1. The van der Waals surface area contributed by atoms with Crippen LogP contribution in [0.25, 0.3) is 0 Å². The van der Waals surface area contributed by atoms with Crippen molar-refractivity contribution in [3.8, 4) is 5.75 Å². The molecule has 0 amide bonds. The Hall–Kier alpha value is -1.88. The van der Waals surface area contributed by atoms with Crippen molar-refractivity contribution >= 4 is 0 Å². The van der Waals surface area contributed by atoms with Crippen LogP contribution in [0.4, 0.5) is 0 Å². The molecule has 108 valence electrons. The van der Waals surface area contributed by atoms with Gasteiger partial charge in [0, 0.05) is 6.20 Å². The van der Waals surface area contributed by atoms with E-state index in [2.05, 4.69) is 42.4 Å². The van der Waals surface area contributed by atoms with Crippen LogP contribution in [-0.2, 0) is 13.0 Å². The molecule has 1 heterocycles. The molecule has 2 N–H and O–H groups in total. The van der Waals surface area contributed by atoms with E-state index in [-0.39, 0.29) is 0 Å². The molecule has 0 aliphatic carbocycles. The van der Waals surface area contributed by atoms with Crippen LogP contribution in [0.2, 0.25) is 0 Å². The first-order valence-corrected chi connectivity index (χ1v) is 6.98. The standard InChI is InChI=1S/C15H22N4O/c1-12-5-6-13(2)15(10-12)20-9-8-19-11-14(17-18-19)4-3-7-16/h5-6,10-11H,3-4,7-9,16H2,1-2H3. The van der Waals surface area contributed by atoms with E-state index in [0.717, 1.165) is 29.8 Å². The van der Waals surface area contributed by atoms with Crippen molar-refractivity contribution in [2.75, 3.05) is 13.2 Å². The molecule has 1 aromatic carbocycles. The quantitative estimate of drug-likeness (QED) is 0.837. The molecule has 0 spiro atoms.